The van der Waals surface area contributed by atoms with Crippen LogP contribution >= 0.6 is 0 Å². The predicted octanol–water partition coefficient (Wildman–Crippen LogP) is 4.68. The largest absolute Gasteiger partial charge is 0.491 e. The monoisotopic (exact) mass is 387 g/mol. The molecular formula is C21H33N5O2. The van der Waals surface area contributed by atoms with Gasteiger partial charge < -0.3 is 10.1 Å². The van der Waals surface area contributed by atoms with Crippen molar-refractivity contribution in [2.24, 2.45) is 0 Å². The van der Waals surface area contributed by atoms with Gasteiger partial charge in [-0.3, -0.25) is 4.79 Å². The zero-order chi connectivity index (χ0) is 19.9. The van der Waals surface area contributed by atoms with Crippen molar-refractivity contribution in [3.05, 3.63) is 30.1 Å². The molecule has 28 heavy (non-hydrogen) atoms. The summed E-state index contributed by atoms with van der Waals surface area (Å²) in [5, 5.41) is 16.9. The van der Waals surface area contributed by atoms with Gasteiger partial charge in [-0.15, -0.1) is 10.2 Å². The molecule has 0 aliphatic heterocycles. The number of tetrazole rings is 1. The van der Waals surface area contributed by atoms with E-state index in [1.165, 1.54) is 25.7 Å². The number of para-hydroxylation sites is 2. The highest BCUT2D eigenvalue weighted by Crippen LogP contribution is 2.24. The maximum absolute atomic E-state index is 12.2. The molecule has 7 nitrogen and oxygen atoms in total. The summed E-state index contributed by atoms with van der Waals surface area (Å²) in [6, 6.07) is 7.64. The molecule has 7 heteroatoms. The van der Waals surface area contributed by atoms with E-state index in [1.807, 2.05) is 24.3 Å². The van der Waals surface area contributed by atoms with Crippen LogP contribution in [-0.4, -0.2) is 33.1 Å². The molecule has 0 bridgehead atoms. The van der Waals surface area contributed by atoms with Crippen molar-refractivity contribution in [3.8, 4) is 5.75 Å². The van der Waals surface area contributed by atoms with E-state index < -0.39 is 0 Å². The molecule has 0 fully saturated rings. The third-order valence-corrected chi connectivity index (χ3v) is 4.61. The van der Waals surface area contributed by atoms with Crippen LogP contribution < -0.4 is 10.1 Å². The molecule has 1 amide bonds. The van der Waals surface area contributed by atoms with E-state index in [0.717, 1.165) is 55.8 Å². The molecule has 2 aromatic rings. The molecule has 1 aromatic carbocycles. The van der Waals surface area contributed by atoms with Gasteiger partial charge in [-0.05, 0) is 37.8 Å². The van der Waals surface area contributed by atoms with Crippen molar-refractivity contribution in [2.75, 3.05) is 11.9 Å². The molecule has 0 atom stereocenters. The Hall–Kier alpha value is -2.44. The smallest absolute Gasteiger partial charge is 0.224 e. The molecule has 0 saturated heterocycles. The highest BCUT2D eigenvalue weighted by Gasteiger charge is 2.07. The van der Waals surface area contributed by atoms with Gasteiger partial charge in [0.2, 0.25) is 5.91 Å². The molecule has 0 spiro atoms. The third kappa shape index (κ3) is 8.97. The average Bonchev–Trinajstić information content (AvgIpc) is 3.22. The normalized spacial score (nSPS) is 10.8. The highest BCUT2D eigenvalue weighted by atomic mass is 16.5. The van der Waals surface area contributed by atoms with E-state index >= 15 is 0 Å². The number of ether oxygens (including phenoxy) is 1. The standard InChI is InChI=1S/C21H33N5O2/c1-2-3-4-5-6-9-16-21(27)22-18-13-10-11-14-19(18)28-17-12-7-8-15-20-23-25-26-24-20/h10-11,13-14H,2-9,12,15-17H2,1H3,(H,22,27)(H,23,24,25,26). The lowest BCUT2D eigenvalue weighted by molar-refractivity contribution is -0.116. The molecule has 0 radical (unpaired) electrons. The Bertz CT molecular complexity index is 661. The molecular weight excluding hydrogens is 354 g/mol. The van der Waals surface area contributed by atoms with E-state index in [0.29, 0.717) is 13.0 Å². The number of amides is 1. The summed E-state index contributed by atoms with van der Waals surface area (Å²) in [7, 11) is 0. The summed E-state index contributed by atoms with van der Waals surface area (Å²) in [6.45, 7) is 2.83. The van der Waals surface area contributed by atoms with E-state index in [4.69, 9.17) is 4.74 Å². The molecule has 0 unspecified atom stereocenters. The first-order valence-electron chi connectivity index (χ1n) is 10.5. The SMILES string of the molecule is CCCCCCCCC(=O)Nc1ccccc1OCCCCCc1nn[nH]n1. The van der Waals surface area contributed by atoms with Crippen LogP contribution in [0.3, 0.4) is 0 Å². The number of H-pyrrole nitrogens is 1. The number of aromatic amines is 1. The van der Waals surface area contributed by atoms with Crippen molar-refractivity contribution in [2.45, 2.75) is 77.6 Å². The number of unbranched alkanes of at least 4 members (excludes halogenated alkanes) is 7. The first-order valence-corrected chi connectivity index (χ1v) is 10.5. The first-order chi connectivity index (χ1) is 13.8. The van der Waals surface area contributed by atoms with Crippen LogP contribution in [0, 0.1) is 0 Å². The zero-order valence-corrected chi connectivity index (χ0v) is 17.0. The van der Waals surface area contributed by atoms with Gasteiger partial charge in [0.05, 0.1) is 12.3 Å². The second kappa shape index (κ2) is 13.7. The van der Waals surface area contributed by atoms with Crippen molar-refractivity contribution < 1.29 is 9.53 Å². The summed E-state index contributed by atoms with van der Waals surface area (Å²) < 4.78 is 5.88. The molecule has 0 aliphatic carbocycles. The van der Waals surface area contributed by atoms with Crippen LogP contribution in [0.2, 0.25) is 0 Å². The van der Waals surface area contributed by atoms with Gasteiger partial charge in [-0.2, -0.15) is 5.21 Å². The number of carbonyl (C=O) groups is 1. The summed E-state index contributed by atoms with van der Waals surface area (Å²) in [4.78, 5) is 12.2. The van der Waals surface area contributed by atoms with Crippen molar-refractivity contribution >= 4 is 11.6 Å². The highest BCUT2D eigenvalue weighted by molar-refractivity contribution is 5.92. The number of anilines is 1. The maximum atomic E-state index is 12.2. The van der Waals surface area contributed by atoms with Gasteiger partial charge in [-0.25, -0.2) is 0 Å². The molecule has 154 valence electrons. The lowest BCUT2D eigenvalue weighted by Crippen LogP contribution is -2.12. The molecule has 2 N–H and O–H groups in total. The quantitative estimate of drug-likeness (QED) is 0.433. The number of hydrogen-bond acceptors (Lipinski definition) is 5. The average molecular weight is 388 g/mol. The molecule has 1 heterocycles. The second-order valence-electron chi connectivity index (χ2n) is 7.05. The number of benzene rings is 1. The van der Waals surface area contributed by atoms with Gasteiger partial charge in [0, 0.05) is 12.8 Å². The minimum absolute atomic E-state index is 0.0617. The number of rotatable bonds is 15. The van der Waals surface area contributed by atoms with Crippen molar-refractivity contribution in [1.29, 1.82) is 0 Å². The lowest BCUT2D eigenvalue weighted by atomic mass is 10.1. The first kappa shape index (κ1) is 21.9. The van der Waals surface area contributed by atoms with Gasteiger partial charge in [-0.1, -0.05) is 56.4 Å². The van der Waals surface area contributed by atoms with E-state index in [1.54, 1.807) is 0 Å². The Balaban J connectivity index is 1.62. The summed E-state index contributed by atoms with van der Waals surface area (Å²) in [6.07, 6.45) is 11.4. The Morgan fingerprint density at radius 1 is 1.04 bits per heavy atom. The van der Waals surface area contributed by atoms with Crippen LogP contribution in [0.25, 0.3) is 0 Å². The third-order valence-electron chi connectivity index (χ3n) is 4.61. The predicted molar refractivity (Wildman–Crippen MR) is 110 cm³/mol. The fraction of sp³-hybridized carbons (Fsp3) is 0.619. The van der Waals surface area contributed by atoms with Crippen LogP contribution in [0.1, 0.15) is 77.0 Å². The molecule has 1 aromatic heterocycles. The Labute approximate surface area is 167 Å². The van der Waals surface area contributed by atoms with Crippen LogP contribution in [0.15, 0.2) is 24.3 Å². The topological polar surface area (TPSA) is 92.8 Å². The fourth-order valence-electron chi connectivity index (χ4n) is 3.01. The summed E-state index contributed by atoms with van der Waals surface area (Å²) >= 11 is 0. The van der Waals surface area contributed by atoms with Crippen molar-refractivity contribution in [3.63, 3.8) is 0 Å². The Morgan fingerprint density at radius 2 is 1.82 bits per heavy atom. The van der Waals surface area contributed by atoms with Crippen LogP contribution in [0.5, 0.6) is 5.75 Å². The van der Waals surface area contributed by atoms with E-state index in [2.05, 4.69) is 32.9 Å². The zero-order valence-electron chi connectivity index (χ0n) is 17.0. The van der Waals surface area contributed by atoms with Crippen molar-refractivity contribution in [1.82, 2.24) is 20.6 Å². The molecule has 2 rings (SSSR count). The van der Waals surface area contributed by atoms with Crippen LogP contribution in [-0.2, 0) is 11.2 Å². The lowest BCUT2D eigenvalue weighted by Gasteiger charge is -2.12. The van der Waals surface area contributed by atoms with Gasteiger partial charge >= 0.3 is 0 Å². The number of carbonyl (C=O) groups excluding carboxylic acids is 1. The molecule has 0 saturated carbocycles. The number of aryl methyl sites for hydroxylation is 1. The Morgan fingerprint density at radius 3 is 2.64 bits per heavy atom. The second-order valence-corrected chi connectivity index (χ2v) is 7.05. The number of hydrogen-bond donors (Lipinski definition) is 2. The Kier molecular flexibility index (Phi) is 10.7. The van der Waals surface area contributed by atoms with Gasteiger partial charge in [0.1, 0.15) is 5.75 Å². The van der Waals surface area contributed by atoms with Gasteiger partial charge in [0.25, 0.3) is 0 Å². The summed E-state index contributed by atoms with van der Waals surface area (Å²) in [5.74, 6) is 1.54. The molecule has 0 aliphatic rings. The number of nitrogens with zero attached hydrogens (tertiary/aromatic N) is 3. The number of aromatic nitrogens is 4. The maximum Gasteiger partial charge on any atom is 0.224 e. The number of nitrogens with one attached hydrogen (secondary N) is 2. The minimum Gasteiger partial charge on any atom is -0.491 e. The minimum atomic E-state index is 0.0617. The summed E-state index contributed by atoms with van der Waals surface area (Å²) in [5.41, 5.74) is 0.755. The van der Waals surface area contributed by atoms with Gasteiger partial charge in [0.15, 0.2) is 5.82 Å². The fourth-order valence-corrected chi connectivity index (χ4v) is 3.01. The van der Waals surface area contributed by atoms with E-state index in [9.17, 15) is 4.79 Å². The van der Waals surface area contributed by atoms with Crippen LogP contribution in [0.4, 0.5) is 5.69 Å². The van der Waals surface area contributed by atoms with E-state index in [-0.39, 0.29) is 5.91 Å².